The fraction of sp³-hybridized carbons (Fsp3) is 0.375. The molecular weight excluding hydrogens is 413 g/mol. The highest BCUT2D eigenvalue weighted by molar-refractivity contribution is 5.94. The van der Waals surface area contributed by atoms with E-state index >= 15 is 0 Å². The lowest BCUT2D eigenvalue weighted by atomic mass is 10.0. The minimum atomic E-state index is -0.740. The minimum absolute atomic E-state index is 0.118. The summed E-state index contributed by atoms with van der Waals surface area (Å²) in [6.07, 6.45) is 1.45. The van der Waals surface area contributed by atoms with Crippen molar-refractivity contribution in [2.75, 3.05) is 20.2 Å². The Morgan fingerprint density at radius 2 is 1.84 bits per heavy atom. The number of para-hydroxylation sites is 1. The maximum atomic E-state index is 13.4. The second-order valence-electron chi connectivity index (χ2n) is 7.85. The number of piperidine rings is 1. The Bertz CT molecular complexity index is 973. The molecule has 1 atom stereocenters. The third kappa shape index (κ3) is 6.06. The average molecular weight is 442 g/mol. The standard InChI is InChI=1S/C24H28FN3O4/c1-16(29)26-21(15-17-6-3-4-9-22(17)32-2)23(30)27-20-10-12-28(13-11-20)24(31)18-7-5-8-19(25)14-18/h3-9,14,20-21H,10-13,15H2,1-2H3,(H,26,29)(H,27,30). The number of nitrogens with zero attached hydrogens (tertiary/aromatic N) is 1. The molecule has 1 heterocycles. The Kier molecular flexibility index (Phi) is 7.81. The quantitative estimate of drug-likeness (QED) is 0.690. The van der Waals surface area contributed by atoms with Crippen LogP contribution in [0.1, 0.15) is 35.7 Å². The normalized spacial score (nSPS) is 15.0. The van der Waals surface area contributed by atoms with Crippen molar-refractivity contribution in [3.63, 3.8) is 0 Å². The molecular formula is C24H28FN3O4. The molecule has 2 aromatic carbocycles. The van der Waals surface area contributed by atoms with Crippen molar-refractivity contribution in [3.05, 3.63) is 65.5 Å². The summed E-state index contributed by atoms with van der Waals surface area (Å²) in [5.41, 5.74) is 1.13. The van der Waals surface area contributed by atoms with Crippen molar-refractivity contribution in [1.82, 2.24) is 15.5 Å². The zero-order chi connectivity index (χ0) is 23.1. The number of hydrogen-bond acceptors (Lipinski definition) is 4. The lowest BCUT2D eigenvalue weighted by Crippen LogP contribution is -2.53. The van der Waals surface area contributed by atoms with Gasteiger partial charge in [-0.25, -0.2) is 4.39 Å². The van der Waals surface area contributed by atoms with Gasteiger partial charge in [-0.15, -0.1) is 0 Å². The number of nitrogens with one attached hydrogen (secondary N) is 2. The van der Waals surface area contributed by atoms with E-state index in [9.17, 15) is 18.8 Å². The van der Waals surface area contributed by atoms with E-state index in [0.29, 0.717) is 43.7 Å². The van der Waals surface area contributed by atoms with Crippen LogP contribution in [0.4, 0.5) is 4.39 Å². The smallest absolute Gasteiger partial charge is 0.253 e. The summed E-state index contributed by atoms with van der Waals surface area (Å²) in [6.45, 7) is 2.29. The van der Waals surface area contributed by atoms with Gasteiger partial charge in [0.1, 0.15) is 17.6 Å². The van der Waals surface area contributed by atoms with E-state index in [1.807, 2.05) is 24.3 Å². The topological polar surface area (TPSA) is 87.7 Å². The van der Waals surface area contributed by atoms with E-state index in [0.717, 1.165) is 5.56 Å². The largest absolute Gasteiger partial charge is 0.496 e. The van der Waals surface area contributed by atoms with Gasteiger partial charge >= 0.3 is 0 Å². The molecule has 1 aliphatic rings. The molecule has 0 radical (unpaired) electrons. The SMILES string of the molecule is COc1ccccc1CC(NC(C)=O)C(=O)NC1CCN(C(=O)c2cccc(F)c2)CC1. The summed E-state index contributed by atoms with van der Waals surface area (Å²) >= 11 is 0. The number of carbonyl (C=O) groups is 3. The predicted octanol–water partition coefficient (Wildman–Crippen LogP) is 2.30. The van der Waals surface area contributed by atoms with Gasteiger partial charge in [0.05, 0.1) is 7.11 Å². The van der Waals surface area contributed by atoms with Crippen molar-refractivity contribution in [1.29, 1.82) is 0 Å². The number of halogens is 1. The van der Waals surface area contributed by atoms with Crippen molar-refractivity contribution in [3.8, 4) is 5.75 Å². The van der Waals surface area contributed by atoms with Crippen molar-refractivity contribution >= 4 is 17.7 Å². The van der Waals surface area contributed by atoms with Crippen LogP contribution in [-0.2, 0) is 16.0 Å². The first-order valence-corrected chi connectivity index (χ1v) is 10.6. The first-order chi connectivity index (χ1) is 15.4. The fourth-order valence-electron chi connectivity index (χ4n) is 3.88. The number of likely N-dealkylation sites (tertiary alicyclic amines) is 1. The molecule has 1 aliphatic heterocycles. The number of carbonyl (C=O) groups excluding carboxylic acids is 3. The van der Waals surface area contributed by atoms with Crippen LogP contribution >= 0.6 is 0 Å². The highest BCUT2D eigenvalue weighted by atomic mass is 19.1. The zero-order valence-corrected chi connectivity index (χ0v) is 18.3. The number of ether oxygens (including phenoxy) is 1. The zero-order valence-electron chi connectivity index (χ0n) is 18.3. The van der Waals surface area contributed by atoms with Gasteiger partial charge in [0, 0.05) is 38.0 Å². The van der Waals surface area contributed by atoms with Gasteiger partial charge in [-0.1, -0.05) is 24.3 Å². The molecule has 1 unspecified atom stereocenters. The summed E-state index contributed by atoms with van der Waals surface area (Å²) in [5, 5.41) is 5.71. The van der Waals surface area contributed by atoms with Crippen LogP contribution in [0.2, 0.25) is 0 Å². The highest BCUT2D eigenvalue weighted by Gasteiger charge is 2.28. The van der Waals surface area contributed by atoms with Crippen LogP contribution in [-0.4, -0.2) is 54.9 Å². The Balaban J connectivity index is 1.58. The summed E-state index contributed by atoms with van der Waals surface area (Å²) in [6, 6.07) is 12.1. The summed E-state index contributed by atoms with van der Waals surface area (Å²) in [7, 11) is 1.56. The first-order valence-electron chi connectivity index (χ1n) is 10.6. The molecule has 0 bridgehead atoms. The third-order valence-electron chi connectivity index (χ3n) is 5.51. The number of rotatable bonds is 7. The Hall–Kier alpha value is -3.42. The molecule has 0 aromatic heterocycles. The second kappa shape index (κ2) is 10.7. The number of methoxy groups -OCH3 is 1. The molecule has 2 aromatic rings. The van der Waals surface area contributed by atoms with Crippen LogP contribution < -0.4 is 15.4 Å². The molecule has 1 fully saturated rings. The average Bonchev–Trinajstić information content (AvgIpc) is 2.78. The molecule has 8 heteroatoms. The van der Waals surface area contributed by atoms with E-state index in [4.69, 9.17) is 4.74 Å². The number of hydrogen-bond donors (Lipinski definition) is 2. The van der Waals surface area contributed by atoms with Gasteiger partial charge in [-0.2, -0.15) is 0 Å². The Morgan fingerprint density at radius 3 is 2.50 bits per heavy atom. The third-order valence-corrected chi connectivity index (χ3v) is 5.51. The van der Waals surface area contributed by atoms with Gasteiger partial charge in [-0.3, -0.25) is 14.4 Å². The molecule has 32 heavy (non-hydrogen) atoms. The molecule has 170 valence electrons. The lowest BCUT2D eigenvalue weighted by molar-refractivity contribution is -0.128. The van der Waals surface area contributed by atoms with Crippen LogP contribution in [0.25, 0.3) is 0 Å². The van der Waals surface area contributed by atoms with Crippen LogP contribution in [0.3, 0.4) is 0 Å². The van der Waals surface area contributed by atoms with Crippen molar-refractivity contribution < 1.29 is 23.5 Å². The maximum Gasteiger partial charge on any atom is 0.253 e. The van der Waals surface area contributed by atoms with Crippen molar-refractivity contribution in [2.24, 2.45) is 0 Å². The molecule has 3 amide bonds. The molecule has 0 spiro atoms. The van der Waals surface area contributed by atoms with Crippen LogP contribution in [0.15, 0.2) is 48.5 Å². The molecule has 3 rings (SSSR count). The predicted molar refractivity (Wildman–Crippen MR) is 118 cm³/mol. The van der Waals surface area contributed by atoms with Crippen LogP contribution in [0, 0.1) is 5.82 Å². The first kappa shape index (κ1) is 23.2. The molecule has 0 aliphatic carbocycles. The molecule has 2 N–H and O–H groups in total. The lowest BCUT2D eigenvalue weighted by Gasteiger charge is -2.33. The summed E-state index contributed by atoms with van der Waals surface area (Å²) < 4.78 is 18.8. The van der Waals surface area contributed by atoms with Gasteiger partial charge < -0.3 is 20.3 Å². The summed E-state index contributed by atoms with van der Waals surface area (Å²) in [5.74, 6) is -0.588. The van der Waals surface area contributed by atoms with Gasteiger partial charge in [0.2, 0.25) is 11.8 Å². The number of amides is 3. The molecule has 1 saturated heterocycles. The number of benzene rings is 2. The monoisotopic (exact) mass is 441 g/mol. The van der Waals surface area contributed by atoms with E-state index in [2.05, 4.69) is 10.6 Å². The van der Waals surface area contributed by atoms with Crippen LogP contribution in [0.5, 0.6) is 5.75 Å². The Morgan fingerprint density at radius 1 is 1.12 bits per heavy atom. The van der Waals surface area contributed by atoms with E-state index in [1.54, 1.807) is 18.1 Å². The summed E-state index contributed by atoms with van der Waals surface area (Å²) in [4.78, 5) is 38.9. The van der Waals surface area contributed by atoms with E-state index < -0.39 is 11.9 Å². The fourth-order valence-corrected chi connectivity index (χ4v) is 3.88. The molecule has 7 nitrogen and oxygen atoms in total. The van der Waals surface area contributed by atoms with E-state index in [-0.39, 0.29) is 23.8 Å². The highest BCUT2D eigenvalue weighted by Crippen LogP contribution is 2.20. The molecule has 0 saturated carbocycles. The van der Waals surface area contributed by atoms with Gasteiger partial charge in [0.25, 0.3) is 5.91 Å². The maximum absolute atomic E-state index is 13.4. The minimum Gasteiger partial charge on any atom is -0.496 e. The van der Waals surface area contributed by atoms with Crippen molar-refractivity contribution in [2.45, 2.75) is 38.3 Å². The van der Waals surface area contributed by atoms with E-state index in [1.165, 1.54) is 25.1 Å². The van der Waals surface area contributed by atoms with Gasteiger partial charge in [-0.05, 0) is 42.7 Å². The second-order valence-corrected chi connectivity index (χ2v) is 7.85. The van der Waals surface area contributed by atoms with Gasteiger partial charge in [0.15, 0.2) is 0 Å². The Labute approximate surface area is 186 Å².